The Balaban J connectivity index is 1.69. The zero-order valence-electron chi connectivity index (χ0n) is 14.5. The van der Waals surface area contributed by atoms with Crippen molar-refractivity contribution in [3.05, 3.63) is 59.9 Å². The van der Waals surface area contributed by atoms with Crippen molar-refractivity contribution in [2.24, 2.45) is 0 Å². The molecule has 7 heteroatoms. The molecule has 0 saturated heterocycles. The van der Waals surface area contributed by atoms with E-state index in [4.69, 9.17) is 0 Å². The summed E-state index contributed by atoms with van der Waals surface area (Å²) in [6.07, 6.45) is 8.75. The number of amides is 1. The lowest BCUT2D eigenvalue weighted by molar-refractivity contribution is -0.122. The van der Waals surface area contributed by atoms with Crippen molar-refractivity contribution in [3.63, 3.8) is 0 Å². The number of pyridine rings is 1. The minimum atomic E-state index is -0.185. The highest BCUT2D eigenvalue weighted by Gasteiger charge is 2.15. The van der Waals surface area contributed by atoms with Crippen LogP contribution in [-0.4, -0.2) is 30.6 Å². The maximum absolute atomic E-state index is 12.2. The fraction of sp³-hybridized carbons (Fsp3) is 0.278. The van der Waals surface area contributed by atoms with Crippen LogP contribution in [0.4, 0.5) is 0 Å². The van der Waals surface area contributed by atoms with Crippen molar-refractivity contribution in [2.75, 3.05) is 0 Å². The number of nitrogens with one attached hydrogen (secondary N) is 1. The minimum Gasteiger partial charge on any atom is -0.348 e. The second-order valence-corrected chi connectivity index (χ2v) is 5.97. The Hall–Kier alpha value is -3.09. The number of aromatic nitrogens is 5. The summed E-state index contributed by atoms with van der Waals surface area (Å²) in [4.78, 5) is 25.2. The van der Waals surface area contributed by atoms with Crippen LogP contribution in [0.5, 0.6) is 0 Å². The summed E-state index contributed by atoms with van der Waals surface area (Å²) in [6.45, 7) is 5.97. The number of carbonyl (C=O) groups excluding carboxylic acids is 1. The molecule has 3 rings (SSSR count). The van der Waals surface area contributed by atoms with Gasteiger partial charge < -0.3 is 5.32 Å². The lowest BCUT2D eigenvalue weighted by atomic mass is 10.1. The highest BCUT2D eigenvalue weighted by atomic mass is 16.2. The molecule has 1 atom stereocenters. The number of hydrogen-bond acceptors (Lipinski definition) is 5. The van der Waals surface area contributed by atoms with Crippen molar-refractivity contribution < 1.29 is 4.79 Å². The smallest absolute Gasteiger partial charge is 0.242 e. The van der Waals surface area contributed by atoms with Gasteiger partial charge in [-0.15, -0.1) is 0 Å². The molecule has 0 spiro atoms. The van der Waals surface area contributed by atoms with Crippen molar-refractivity contribution in [1.82, 2.24) is 30.0 Å². The van der Waals surface area contributed by atoms with E-state index in [9.17, 15) is 4.79 Å². The maximum atomic E-state index is 12.2. The summed E-state index contributed by atoms with van der Waals surface area (Å²) in [5.74, 6) is 0.544. The van der Waals surface area contributed by atoms with Crippen LogP contribution in [0.1, 0.15) is 29.8 Å². The van der Waals surface area contributed by atoms with E-state index >= 15 is 0 Å². The topological polar surface area (TPSA) is 85.6 Å². The zero-order valence-corrected chi connectivity index (χ0v) is 14.5. The first-order chi connectivity index (χ1) is 12.0. The Kier molecular flexibility index (Phi) is 4.83. The number of nitrogens with zero attached hydrogens (tertiary/aromatic N) is 5. The third-order valence-electron chi connectivity index (χ3n) is 3.87. The molecule has 25 heavy (non-hydrogen) atoms. The molecule has 0 aliphatic carbocycles. The summed E-state index contributed by atoms with van der Waals surface area (Å²) >= 11 is 0. The van der Waals surface area contributed by atoms with Crippen molar-refractivity contribution in [3.8, 4) is 11.4 Å². The molecular weight excluding hydrogens is 316 g/mol. The van der Waals surface area contributed by atoms with Crippen LogP contribution < -0.4 is 5.32 Å². The normalized spacial score (nSPS) is 12.0. The first kappa shape index (κ1) is 16.8. The average molecular weight is 336 g/mol. The summed E-state index contributed by atoms with van der Waals surface area (Å²) in [7, 11) is 0. The van der Waals surface area contributed by atoms with Crippen molar-refractivity contribution >= 4 is 5.91 Å². The molecule has 3 aromatic rings. The van der Waals surface area contributed by atoms with Gasteiger partial charge in [-0.1, -0.05) is 0 Å². The third-order valence-corrected chi connectivity index (χ3v) is 3.87. The number of rotatable bonds is 5. The van der Waals surface area contributed by atoms with Crippen LogP contribution in [0.3, 0.4) is 0 Å². The van der Waals surface area contributed by atoms with Gasteiger partial charge >= 0.3 is 0 Å². The quantitative estimate of drug-likeness (QED) is 0.772. The predicted octanol–water partition coefficient (Wildman–Crippen LogP) is 2.23. The Morgan fingerprint density at radius 1 is 1.24 bits per heavy atom. The van der Waals surface area contributed by atoms with Gasteiger partial charge in [-0.25, -0.2) is 9.97 Å². The fourth-order valence-corrected chi connectivity index (χ4v) is 2.61. The van der Waals surface area contributed by atoms with E-state index in [1.807, 2.05) is 39.1 Å². The van der Waals surface area contributed by atoms with E-state index in [2.05, 4.69) is 25.4 Å². The molecule has 0 radical (unpaired) electrons. The molecule has 1 N–H and O–H groups in total. The Labute approximate surface area is 146 Å². The SMILES string of the molecule is Cc1cnn(CC(=O)N[C@@H](C)c2cnc(-c3ccncc3)nc2C)c1. The molecule has 0 aliphatic heterocycles. The summed E-state index contributed by atoms with van der Waals surface area (Å²) in [5.41, 5.74) is 3.67. The molecular formula is C18H20N6O. The van der Waals surface area contributed by atoms with E-state index in [0.29, 0.717) is 5.82 Å². The van der Waals surface area contributed by atoms with Crippen LogP contribution in [0.15, 0.2) is 43.1 Å². The lowest BCUT2D eigenvalue weighted by Crippen LogP contribution is -2.30. The number of carbonyl (C=O) groups is 1. The van der Waals surface area contributed by atoms with Gasteiger partial charge in [0, 0.05) is 41.6 Å². The van der Waals surface area contributed by atoms with Gasteiger partial charge in [-0.05, 0) is 38.5 Å². The molecule has 3 aromatic heterocycles. The van der Waals surface area contributed by atoms with Gasteiger partial charge in [-0.2, -0.15) is 5.10 Å². The molecule has 3 heterocycles. The summed E-state index contributed by atoms with van der Waals surface area (Å²) in [6, 6.07) is 3.55. The van der Waals surface area contributed by atoms with Crippen molar-refractivity contribution in [1.29, 1.82) is 0 Å². The largest absolute Gasteiger partial charge is 0.348 e. The molecule has 7 nitrogen and oxygen atoms in total. The molecule has 128 valence electrons. The van der Waals surface area contributed by atoms with Gasteiger partial charge in [-0.3, -0.25) is 14.5 Å². The van der Waals surface area contributed by atoms with Gasteiger partial charge in [0.1, 0.15) is 6.54 Å². The summed E-state index contributed by atoms with van der Waals surface area (Å²) < 4.78 is 1.62. The van der Waals surface area contributed by atoms with Crippen LogP contribution in [0.25, 0.3) is 11.4 Å². The van der Waals surface area contributed by atoms with Crippen LogP contribution in [0, 0.1) is 13.8 Å². The Morgan fingerprint density at radius 2 is 2.00 bits per heavy atom. The van der Waals surface area contributed by atoms with Crippen LogP contribution in [-0.2, 0) is 11.3 Å². The third kappa shape index (κ3) is 4.06. The van der Waals surface area contributed by atoms with E-state index in [0.717, 1.165) is 22.4 Å². The van der Waals surface area contributed by atoms with E-state index in [-0.39, 0.29) is 18.5 Å². The zero-order chi connectivity index (χ0) is 17.8. The fourth-order valence-electron chi connectivity index (χ4n) is 2.61. The predicted molar refractivity (Wildman–Crippen MR) is 93.5 cm³/mol. The first-order valence-corrected chi connectivity index (χ1v) is 8.05. The van der Waals surface area contributed by atoms with Gasteiger partial charge in [0.05, 0.1) is 12.2 Å². The minimum absolute atomic E-state index is 0.104. The van der Waals surface area contributed by atoms with E-state index in [1.54, 1.807) is 29.5 Å². The Morgan fingerprint density at radius 3 is 2.64 bits per heavy atom. The molecule has 0 aliphatic rings. The second-order valence-electron chi connectivity index (χ2n) is 5.97. The molecule has 0 unspecified atom stereocenters. The number of aryl methyl sites for hydroxylation is 2. The number of hydrogen-bond donors (Lipinski definition) is 1. The molecule has 0 saturated carbocycles. The van der Waals surface area contributed by atoms with Crippen LogP contribution in [0.2, 0.25) is 0 Å². The van der Waals surface area contributed by atoms with Gasteiger partial charge in [0.2, 0.25) is 5.91 Å². The lowest BCUT2D eigenvalue weighted by Gasteiger charge is -2.16. The van der Waals surface area contributed by atoms with Crippen LogP contribution >= 0.6 is 0 Å². The van der Waals surface area contributed by atoms with Gasteiger partial charge in [0.25, 0.3) is 0 Å². The molecule has 1 amide bonds. The Bertz CT molecular complexity index is 874. The average Bonchev–Trinajstić information content (AvgIpc) is 3.00. The maximum Gasteiger partial charge on any atom is 0.242 e. The second kappa shape index (κ2) is 7.21. The van der Waals surface area contributed by atoms with Crippen molar-refractivity contribution in [2.45, 2.75) is 33.4 Å². The standard InChI is InChI=1S/C18H20N6O/c1-12-8-21-24(10-12)11-17(25)22-13(2)16-9-20-18(23-14(16)3)15-4-6-19-7-5-15/h4-10,13H,11H2,1-3H3,(H,22,25)/t13-/m0/s1. The molecule has 0 aromatic carbocycles. The monoisotopic (exact) mass is 336 g/mol. The molecule has 0 bridgehead atoms. The highest BCUT2D eigenvalue weighted by Crippen LogP contribution is 2.19. The van der Waals surface area contributed by atoms with E-state index in [1.165, 1.54) is 0 Å². The highest BCUT2D eigenvalue weighted by molar-refractivity contribution is 5.76. The first-order valence-electron chi connectivity index (χ1n) is 8.05. The van der Waals surface area contributed by atoms with E-state index < -0.39 is 0 Å². The van der Waals surface area contributed by atoms with Gasteiger partial charge in [0.15, 0.2) is 5.82 Å². The summed E-state index contributed by atoms with van der Waals surface area (Å²) in [5, 5.41) is 7.09. The molecule has 0 fully saturated rings.